The Morgan fingerprint density at radius 2 is 1.19 bits per heavy atom. The summed E-state index contributed by atoms with van der Waals surface area (Å²) in [5, 5.41) is 3.05. The highest BCUT2D eigenvalue weighted by molar-refractivity contribution is 14.1. The van der Waals surface area contributed by atoms with E-state index in [2.05, 4.69) is 89.8 Å². The molecular weight excluding hydrogens is 323 g/mol. The first-order valence-electron chi connectivity index (χ1n) is 5.44. The summed E-state index contributed by atoms with van der Waals surface area (Å²) in [7, 11) is -1.49. The van der Waals surface area contributed by atoms with Gasteiger partial charge in [-0.2, -0.15) is 0 Å². The van der Waals surface area contributed by atoms with Crippen LogP contribution in [0.3, 0.4) is 0 Å². The SMILES string of the molecule is C[Si](CI)(c1ccccc1)c1ccccc1. The van der Waals surface area contributed by atoms with Crippen molar-refractivity contribution in [1.82, 2.24) is 0 Å². The maximum absolute atomic E-state index is 2.53. The summed E-state index contributed by atoms with van der Waals surface area (Å²) in [5.41, 5.74) is 0. The van der Waals surface area contributed by atoms with E-state index in [1.165, 1.54) is 14.4 Å². The van der Waals surface area contributed by atoms with E-state index < -0.39 is 8.07 Å². The molecule has 0 aliphatic carbocycles. The van der Waals surface area contributed by atoms with Crippen molar-refractivity contribution >= 4 is 41.0 Å². The molecule has 2 aromatic carbocycles. The second-order valence-electron chi connectivity index (χ2n) is 4.20. The van der Waals surface area contributed by atoms with Crippen LogP contribution in [0.25, 0.3) is 0 Å². The van der Waals surface area contributed by atoms with Crippen LogP contribution in [0.15, 0.2) is 60.7 Å². The molecule has 0 aromatic heterocycles. The van der Waals surface area contributed by atoms with Crippen molar-refractivity contribution in [2.75, 3.05) is 4.05 Å². The van der Waals surface area contributed by atoms with Crippen molar-refractivity contribution in [1.29, 1.82) is 0 Å². The van der Waals surface area contributed by atoms with E-state index in [0.717, 1.165) is 0 Å². The van der Waals surface area contributed by atoms with Gasteiger partial charge in [-0.25, -0.2) is 0 Å². The summed E-state index contributed by atoms with van der Waals surface area (Å²) in [6, 6.07) is 21.9. The van der Waals surface area contributed by atoms with Crippen LogP contribution in [-0.2, 0) is 0 Å². The zero-order chi connectivity index (χ0) is 11.4. The third-order valence-corrected chi connectivity index (χ3v) is 11.4. The van der Waals surface area contributed by atoms with E-state index in [1.807, 2.05) is 0 Å². The van der Waals surface area contributed by atoms with E-state index in [1.54, 1.807) is 0 Å². The van der Waals surface area contributed by atoms with Gasteiger partial charge in [-0.15, -0.1) is 0 Å². The maximum Gasteiger partial charge on any atom is 0.124 e. The summed E-state index contributed by atoms with van der Waals surface area (Å²) in [5.74, 6) is 0. The minimum absolute atomic E-state index is 1.22. The van der Waals surface area contributed by atoms with Crippen molar-refractivity contribution < 1.29 is 0 Å². The molecule has 0 saturated heterocycles. The Hall–Kier alpha value is -0.613. The average molecular weight is 338 g/mol. The van der Waals surface area contributed by atoms with Gasteiger partial charge >= 0.3 is 0 Å². The maximum atomic E-state index is 2.53. The van der Waals surface area contributed by atoms with Crippen molar-refractivity contribution in [3.8, 4) is 0 Å². The summed E-state index contributed by atoms with van der Waals surface area (Å²) in [4.78, 5) is 0. The molecule has 0 saturated carbocycles. The molecule has 16 heavy (non-hydrogen) atoms. The molecule has 0 radical (unpaired) electrons. The summed E-state index contributed by atoms with van der Waals surface area (Å²) < 4.78 is 1.22. The number of halogens is 1. The Kier molecular flexibility index (Phi) is 3.81. The van der Waals surface area contributed by atoms with Crippen LogP contribution in [0.2, 0.25) is 6.55 Å². The van der Waals surface area contributed by atoms with Gasteiger partial charge in [0.05, 0.1) is 0 Å². The van der Waals surface area contributed by atoms with E-state index in [9.17, 15) is 0 Å². The minimum atomic E-state index is -1.49. The van der Waals surface area contributed by atoms with Gasteiger partial charge in [0.2, 0.25) is 0 Å². The number of benzene rings is 2. The number of alkyl halides is 1. The van der Waals surface area contributed by atoms with Gasteiger partial charge < -0.3 is 0 Å². The largest absolute Gasteiger partial charge is 0.124 e. The van der Waals surface area contributed by atoms with Crippen LogP contribution in [0.5, 0.6) is 0 Å². The monoisotopic (exact) mass is 338 g/mol. The van der Waals surface area contributed by atoms with Crippen LogP contribution in [0, 0.1) is 0 Å². The molecular formula is C14H15ISi. The predicted molar refractivity (Wildman–Crippen MR) is 82.7 cm³/mol. The summed E-state index contributed by atoms with van der Waals surface area (Å²) in [6.45, 7) is 2.45. The third-order valence-electron chi connectivity index (χ3n) is 3.09. The number of hydrogen-bond acceptors (Lipinski definition) is 0. The van der Waals surface area contributed by atoms with Crippen LogP contribution < -0.4 is 10.4 Å². The molecule has 0 bridgehead atoms. The fraction of sp³-hybridized carbons (Fsp3) is 0.143. The van der Waals surface area contributed by atoms with Crippen LogP contribution in [0.1, 0.15) is 0 Å². The third kappa shape index (κ3) is 2.22. The summed E-state index contributed by atoms with van der Waals surface area (Å²) in [6.07, 6.45) is 0. The van der Waals surface area contributed by atoms with Gasteiger partial charge in [0.1, 0.15) is 8.07 Å². The molecule has 0 nitrogen and oxygen atoms in total. The molecule has 2 heteroatoms. The van der Waals surface area contributed by atoms with E-state index in [-0.39, 0.29) is 0 Å². The van der Waals surface area contributed by atoms with Crippen molar-refractivity contribution in [3.63, 3.8) is 0 Å². The molecule has 0 unspecified atom stereocenters. The molecule has 0 N–H and O–H groups in total. The first-order chi connectivity index (χ1) is 7.77. The molecule has 0 atom stereocenters. The minimum Gasteiger partial charge on any atom is -0.0890 e. The lowest BCUT2D eigenvalue weighted by Gasteiger charge is -2.26. The topological polar surface area (TPSA) is 0 Å². The fourth-order valence-corrected chi connectivity index (χ4v) is 7.07. The zero-order valence-electron chi connectivity index (χ0n) is 9.36. The molecule has 0 spiro atoms. The molecule has 2 rings (SSSR count). The van der Waals surface area contributed by atoms with Gasteiger partial charge in [-0.05, 0) is 0 Å². The Labute approximate surface area is 112 Å². The van der Waals surface area contributed by atoms with E-state index in [0.29, 0.717) is 0 Å². The summed E-state index contributed by atoms with van der Waals surface area (Å²) >= 11 is 2.53. The molecule has 0 aliphatic heterocycles. The lowest BCUT2D eigenvalue weighted by Crippen LogP contribution is -2.57. The first-order valence-corrected chi connectivity index (χ1v) is 9.67. The molecule has 82 valence electrons. The van der Waals surface area contributed by atoms with Crippen molar-refractivity contribution in [2.24, 2.45) is 0 Å². The number of rotatable bonds is 3. The fourth-order valence-electron chi connectivity index (χ4n) is 1.93. The molecule has 0 heterocycles. The lowest BCUT2D eigenvalue weighted by molar-refractivity contribution is 1.67. The Bertz CT molecular complexity index is 399. The second kappa shape index (κ2) is 5.14. The predicted octanol–water partition coefficient (Wildman–Crippen LogP) is 2.85. The van der Waals surface area contributed by atoms with Crippen LogP contribution in [0.4, 0.5) is 0 Å². The van der Waals surface area contributed by atoms with Gasteiger partial charge in [0.15, 0.2) is 0 Å². The van der Waals surface area contributed by atoms with Crippen molar-refractivity contribution in [3.05, 3.63) is 60.7 Å². The van der Waals surface area contributed by atoms with E-state index >= 15 is 0 Å². The highest BCUT2D eigenvalue weighted by Gasteiger charge is 2.29. The van der Waals surface area contributed by atoms with Gasteiger partial charge in [0, 0.05) is 4.05 Å². The zero-order valence-corrected chi connectivity index (χ0v) is 12.5. The quantitative estimate of drug-likeness (QED) is 0.459. The molecule has 0 amide bonds. The van der Waals surface area contributed by atoms with Crippen LogP contribution in [-0.4, -0.2) is 12.1 Å². The lowest BCUT2D eigenvalue weighted by atomic mass is 10.4. The molecule has 0 aliphatic rings. The van der Waals surface area contributed by atoms with Crippen molar-refractivity contribution in [2.45, 2.75) is 6.55 Å². The normalized spacial score (nSPS) is 11.4. The average Bonchev–Trinajstić information content (AvgIpc) is 2.40. The first kappa shape index (κ1) is 11.9. The van der Waals surface area contributed by atoms with Gasteiger partial charge in [-0.1, -0.05) is 100 Å². The van der Waals surface area contributed by atoms with Gasteiger partial charge in [-0.3, -0.25) is 0 Å². The van der Waals surface area contributed by atoms with Crippen LogP contribution >= 0.6 is 22.6 Å². The standard InChI is InChI=1S/C14H15ISi/c1-16(12-15,13-8-4-2-5-9-13)14-10-6-3-7-11-14/h2-11H,12H2,1H3. The van der Waals surface area contributed by atoms with E-state index in [4.69, 9.17) is 0 Å². The Balaban J connectivity index is 2.49. The Morgan fingerprint density at radius 1 is 0.812 bits per heavy atom. The second-order valence-corrected chi connectivity index (χ2v) is 10.6. The highest BCUT2D eigenvalue weighted by atomic mass is 127. The molecule has 0 fully saturated rings. The smallest absolute Gasteiger partial charge is 0.0890 e. The molecule has 2 aromatic rings. The van der Waals surface area contributed by atoms with Gasteiger partial charge in [0.25, 0.3) is 0 Å². The highest BCUT2D eigenvalue weighted by Crippen LogP contribution is 2.08. The Morgan fingerprint density at radius 3 is 1.50 bits per heavy atom. The number of hydrogen-bond donors (Lipinski definition) is 0.